The van der Waals surface area contributed by atoms with E-state index in [-0.39, 0.29) is 5.91 Å². The zero-order chi connectivity index (χ0) is 22.9. The van der Waals surface area contributed by atoms with E-state index in [0.717, 1.165) is 78.8 Å². The minimum Gasteiger partial charge on any atom is -0.336 e. The van der Waals surface area contributed by atoms with Crippen molar-refractivity contribution in [1.82, 2.24) is 24.6 Å². The molecule has 1 aliphatic carbocycles. The van der Waals surface area contributed by atoms with Crippen molar-refractivity contribution in [2.45, 2.75) is 25.3 Å². The predicted octanol–water partition coefficient (Wildman–Crippen LogP) is 4.83. The van der Waals surface area contributed by atoms with Crippen molar-refractivity contribution in [1.29, 1.82) is 0 Å². The molecule has 0 unspecified atom stereocenters. The smallest absolute Gasteiger partial charge is 0.257 e. The number of nitrogens with zero attached hydrogens (tertiary/aromatic N) is 5. The molecule has 2 aromatic heterocycles. The van der Waals surface area contributed by atoms with Crippen LogP contribution in [-0.2, 0) is 6.54 Å². The molecule has 2 aromatic carbocycles. The summed E-state index contributed by atoms with van der Waals surface area (Å²) in [4.78, 5) is 22.7. The van der Waals surface area contributed by atoms with Crippen molar-refractivity contribution in [3.05, 3.63) is 89.2 Å². The third-order valence-corrected chi connectivity index (χ3v) is 7.56. The van der Waals surface area contributed by atoms with E-state index in [2.05, 4.69) is 27.5 Å². The zero-order valence-corrected chi connectivity index (χ0v) is 19.8. The Morgan fingerprint density at radius 1 is 0.941 bits per heavy atom. The van der Waals surface area contributed by atoms with Gasteiger partial charge in [0.25, 0.3) is 5.91 Å². The second-order valence-corrected chi connectivity index (χ2v) is 9.90. The van der Waals surface area contributed by atoms with Crippen LogP contribution in [0.25, 0.3) is 16.3 Å². The van der Waals surface area contributed by atoms with E-state index in [1.807, 2.05) is 58.1 Å². The third kappa shape index (κ3) is 4.29. The molecule has 172 valence electrons. The molecule has 0 atom stereocenters. The second kappa shape index (κ2) is 9.16. The lowest BCUT2D eigenvalue weighted by Gasteiger charge is -2.34. The minimum atomic E-state index is 0.115. The lowest BCUT2D eigenvalue weighted by atomic mass is 10.1. The zero-order valence-electron chi connectivity index (χ0n) is 19.0. The maximum atomic E-state index is 13.5. The number of amides is 1. The van der Waals surface area contributed by atoms with Gasteiger partial charge in [-0.3, -0.25) is 9.69 Å². The van der Waals surface area contributed by atoms with Crippen LogP contribution in [0.3, 0.4) is 0 Å². The van der Waals surface area contributed by atoms with Crippen LogP contribution in [-0.4, -0.2) is 56.7 Å². The highest BCUT2D eigenvalue weighted by atomic mass is 32.1. The molecule has 4 aromatic rings. The molecule has 1 saturated carbocycles. The molecule has 3 heterocycles. The first-order chi connectivity index (χ1) is 16.8. The predicted molar refractivity (Wildman–Crippen MR) is 134 cm³/mol. The molecular formula is C27H27N5OS. The van der Waals surface area contributed by atoms with Crippen LogP contribution in [0, 0.1) is 0 Å². The first-order valence-electron chi connectivity index (χ1n) is 11.9. The highest BCUT2D eigenvalue weighted by Gasteiger charge is 2.35. The monoisotopic (exact) mass is 469 g/mol. The summed E-state index contributed by atoms with van der Waals surface area (Å²) in [6.07, 6.45) is 4.03. The average molecular weight is 470 g/mol. The maximum absolute atomic E-state index is 13.5. The van der Waals surface area contributed by atoms with Crippen LogP contribution in [0.2, 0.25) is 0 Å². The first-order valence-corrected chi connectivity index (χ1v) is 12.8. The van der Waals surface area contributed by atoms with Gasteiger partial charge in [0.15, 0.2) is 0 Å². The molecule has 0 spiro atoms. The molecule has 7 heteroatoms. The summed E-state index contributed by atoms with van der Waals surface area (Å²) in [5.74, 6) is 0.551. The van der Waals surface area contributed by atoms with Crippen molar-refractivity contribution in [3.8, 4) is 16.3 Å². The van der Waals surface area contributed by atoms with E-state index in [4.69, 9.17) is 4.98 Å². The van der Waals surface area contributed by atoms with Crippen LogP contribution < -0.4 is 0 Å². The number of thiazole rings is 1. The van der Waals surface area contributed by atoms with Crippen molar-refractivity contribution in [2.75, 3.05) is 26.2 Å². The SMILES string of the molecule is O=C(c1cnn(-c2ccccc2)c1C1CC1)N1CCN(Cc2csc(-c3ccccc3)n2)CC1. The number of carbonyl (C=O) groups excluding carboxylic acids is 1. The van der Waals surface area contributed by atoms with E-state index in [0.29, 0.717) is 5.92 Å². The molecule has 6 nitrogen and oxygen atoms in total. The van der Waals surface area contributed by atoms with E-state index in [1.165, 1.54) is 0 Å². The summed E-state index contributed by atoms with van der Waals surface area (Å²) < 4.78 is 1.97. The van der Waals surface area contributed by atoms with Crippen molar-refractivity contribution in [2.24, 2.45) is 0 Å². The summed E-state index contributed by atoms with van der Waals surface area (Å²) in [6, 6.07) is 20.4. The number of rotatable bonds is 6. The van der Waals surface area contributed by atoms with E-state index in [9.17, 15) is 4.79 Å². The van der Waals surface area contributed by atoms with E-state index < -0.39 is 0 Å². The average Bonchev–Trinajstić information content (AvgIpc) is 3.46. The molecule has 34 heavy (non-hydrogen) atoms. The maximum Gasteiger partial charge on any atom is 0.257 e. The van der Waals surface area contributed by atoms with Crippen LogP contribution >= 0.6 is 11.3 Å². The Bertz CT molecular complexity index is 1270. The fourth-order valence-electron chi connectivity index (χ4n) is 4.65. The fourth-order valence-corrected chi connectivity index (χ4v) is 5.47. The Morgan fingerprint density at radius 2 is 1.65 bits per heavy atom. The number of carbonyl (C=O) groups is 1. The minimum absolute atomic E-state index is 0.115. The van der Waals surface area contributed by atoms with Crippen LogP contribution in [0.1, 0.15) is 40.5 Å². The number of piperazine rings is 1. The third-order valence-electron chi connectivity index (χ3n) is 6.62. The Labute approximate surface area is 203 Å². The standard InChI is InChI=1S/C27H27N5OS/c33-27(24-17-28-32(25(24)20-11-12-20)23-9-5-2-6-10-23)31-15-13-30(14-16-31)18-22-19-34-26(29-22)21-7-3-1-4-8-21/h1-10,17,19-20H,11-16,18H2. The highest BCUT2D eigenvalue weighted by molar-refractivity contribution is 7.13. The lowest BCUT2D eigenvalue weighted by molar-refractivity contribution is 0.0626. The normalized spacial score (nSPS) is 16.6. The molecule has 0 N–H and O–H groups in total. The van der Waals surface area contributed by atoms with Gasteiger partial charge in [0.1, 0.15) is 5.01 Å². The van der Waals surface area contributed by atoms with Gasteiger partial charge in [-0.15, -0.1) is 11.3 Å². The van der Waals surface area contributed by atoms with Crippen molar-refractivity contribution >= 4 is 17.2 Å². The molecule has 1 amide bonds. The van der Waals surface area contributed by atoms with Gasteiger partial charge >= 0.3 is 0 Å². The summed E-state index contributed by atoms with van der Waals surface area (Å²) in [5.41, 5.74) is 5.13. The van der Waals surface area contributed by atoms with Gasteiger partial charge in [-0.2, -0.15) is 5.10 Å². The number of aromatic nitrogens is 3. The van der Waals surface area contributed by atoms with Crippen molar-refractivity contribution < 1.29 is 4.79 Å². The highest BCUT2D eigenvalue weighted by Crippen LogP contribution is 2.42. The quantitative estimate of drug-likeness (QED) is 0.406. The molecule has 2 fully saturated rings. The summed E-state index contributed by atoms with van der Waals surface area (Å²) >= 11 is 1.69. The number of benzene rings is 2. The largest absolute Gasteiger partial charge is 0.336 e. The van der Waals surface area contributed by atoms with E-state index >= 15 is 0 Å². The van der Waals surface area contributed by atoms with Crippen molar-refractivity contribution in [3.63, 3.8) is 0 Å². The van der Waals surface area contributed by atoms with E-state index in [1.54, 1.807) is 17.5 Å². The van der Waals surface area contributed by atoms with Gasteiger partial charge in [-0.25, -0.2) is 9.67 Å². The van der Waals surface area contributed by atoms with Gasteiger partial charge in [0.2, 0.25) is 0 Å². The molecule has 0 radical (unpaired) electrons. The van der Waals surface area contributed by atoms with Gasteiger partial charge in [-0.1, -0.05) is 48.5 Å². The first kappa shape index (κ1) is 21.3. The second-order valence-electron chi connectivity index (χ2n) is 9.04. The fraction of sp³-hybridized carbons (Fsp3) is 0.296. The van der Waals surface area contributed by atoms with Gasteiger partial charge in [0.05, 0.1) is 28.8 Å². The molecule has 1 aliphatic heterocycles. The number of hydrogen-bond acceptors (Lipinski definition) is 5. The molecule has 6 rings (SSSR count). The molecule has 2 aliphatic rings. The molecule has 1 saturated heterocycles. The topological polar surface area (TPSA) is 54.3 Å². The number of para-hydroxylation sites is 1. The summed E-state index contributed by atoms with van der Waals surface area (Å²) in [5, 5.41) is 7.83. The van der Waals surface area contributed by atoms with Gasteiger partial charge in [-0.05, 0) is 25.0 Å². The lowest BCUT2D eigenvalue weighted by Crippen LogP contribution is -2.48. The summed E-state index contributed by atoms with van der Waals surface area (Å²) in [6.45, 7) is 4.00. The van der Waals surface area contributed by atoms with Crippen LogP contribution in [0.15, 0.2) is 72.2 Å². The molecule has 0 bridgehead atoms. The van der Waals surface area contributed by atoms with Crippen LogP contribution in [0.5, 0.6) is 0 Å². The Balaban J connectivity index is 1.11. The Kier molecular flexibility index (Phi) is 5.73. The van der Waals surface area contributed by atoms with Gasteiger partial charge in [0, 0.05) is 49.6 Å². The van der Waals surface area contributed by atoms with Gasteiger partial charge < -0.3 is 4.90 Å². The number of hydrogen-bond donors (Lipinski definition) is 0. The van der Waals surface area contributed by atoms with Crippen LogP contribution in [0.4, 0.5) is 0 Å². The Hall–Kier alpha value is -3.29. The summed E-state index contributed by atoms with van der Waals surface area (Å²) in [7, 11) is 0. The Morgan fingerprint density at radius 3 is 2.35 bits per heavy atom. The molecular weight excluding hydrogens is 442 g/mol.